The molecule has 0 fully saturated rings. The zero-order valence-electron chi connectivity index (χ0n) is 19.7. The van der Waals surface area contributed by atoms with Crippen molar-refractivity contribution in [2.75, 3.05) is 6.61 Å². The predicted molar refractivity (Wildman–Crippen MR) is 123 cm³/mol. The van der Waals surface area contributed by atoms with Gasteiger partial charge in [0.1, 0.15) is 17.0 Å². The molecule has 1 aromatic heterocycles. The van der Waals surface area contributed by atoms with Gasteiger partial charge in [0.05, 0.1) is 12.2 Å². The van der Waals surface area contributed by atoms with Crippen LogP contribution in [0.2, 0.25) is 0 Å². The second kappa shape index (κ2) is 9.72. The van der Waals surface area contributed by atoms with Crippen molar-refractivity contribution >= 4 is 11.9 Å². The van der Waals surface area contributed by atoms with Crippen LogP contribution in [0.25, 0.3) is 0 Å². The van der Waals surface area contributed by atoms with Gasteiger partial charge in [-0.1, -0.05) is 19.9 Å². The monoisotopic (exact) mass is 518 g/mol. The van der Waals surface area contributed by atoms with Gasteiger partial charge in [-0.05, 0) is 59.5 Å². The summed E-state index contributed by atoms with van der Waals surface area (Å²) in [5, 5.41) is 12.4. The highest BCUT2D eigenvalue weighted by Gasteiger charge is 2.43. The summed E-state index contributed by atoms with van der Waals surface area (Å²) in [5.41, 5.74) is -0.449. The van der Waals surface area contributed by atoms with Crippen LogP contribution in [0.5, 0.6) is 11.5 Å². The number of alkyl halides is 3. The van der Waals surface area contributed by atoms with Gasteiger partial charge in [-0.3, -0.25) is 9.78 Å². The number of carboxylic acids is 1. The number of aromatic nitrogens is 1. The minimum absolute atomic E-state index is 0.0571. The molecule has 1 amide bonds. The number of halogens is 4. The van der Waals surface area contributed by atoms with E-state index >= 15 is 0 Å². The van der Waals surface area contributed by atoms with Crippen LogP contribution in [0.1, 0.15) is 63.7 Å². The van der Waals surface area contributed by atoms with Crippen molar-refractivity contribution in [1.29, 1.82) is 0 Å². The Morgan fingerprint density at radius 1 is 1.16 bits per heavy atom. The first-order valence-electron chi connectivity index (χ1n) is 11.2. The Morgan fingerprint density at radius 2 is 1.92 bits per heavy atom. The fourth-order valence-corrected chi connectivity index (χ4v) is 4.35. The third-order valence-electron chi connectivity index (χ3n) is 6.05. The summed E-state index contributed by atoms with van der Waals surface area (Å²) in [6, 6.07) is 10.3. The molecule has 4 rings (SSSR count). The number of rotatable bonds is 6. The van der Waals surface area contributed by atoms with Crippen molar-refractivity contribution in [2.24, 2.45) is 0 Å². The van der Waals surface area contributed by atoms with E-state index in [-0.39, 0.29) is 41.3 Å². The molecule has 11 heteroatoms. The van der Waals surface area contributed by atoms with Crippen LogP contribution in [-0.4, -0.2) is 34.9 Å². The Bertz CT molecular complexity index is 1360. The summed E-state index contributed by atoms with van der Waals surface area (Å²) in [6.45, 7) is 3.67. The van der Waals surface area contributed by atoms with Crippen molar-refractivity contribution in [3.8, 4) is 11.5 Å². The van der Waals surface area contributed by atoms with E-state index in [4.69, 9.17) is 4.74 Å². The van der Waals surface area contributed by atoms with E-state index in [2.05, 4.69) is 15.0 Å². The number of pyridine rings is 1. The Kier molecular flexibility index (Phi) is 6.81. The maximum atomic E-state index is 14.8. The van der Waals surface area contributed by atoms with E-state index < -0.39 is 35.3 Å². The van der Waals surface area contributed by atoms with Gasteiger partial charge in [-0.25, -0.2) is 9.18 Å². The van der Waals surface area contributed by atoms with E-state index in [1.807, 2.05) is 0 Å². The van der Waals surface area contributed by atoms with Gasteiger partial charge in [0.25, 0.3) is 5.91 Å². The number of aromatic carboxylic acids is 1. The Balaban J connectivity index is 1.81. The van der Waals surface area contributed by atoms with E-state index in [0.29, 0.717) is 11.3 Å². The summed E-state index contributed by atoms with van der Waals surface area (Å²) < 4.78 is 62.2. The average Bonchev–Trinajstić information content (AvgIpc) is 2.84. The lowest BCUT2D eigenvalue weighted by Crippen LogP contribution is -2.50. The smallest absolute Gasteiger partial charge is 0.491 e. The zero-order valence-corrected chi connectivity index (χ0v) is 19.7. The van der Waals surface area contributed by atoms with E-state index in [1.165, 1.54) is 30.5 Å². The summed E-state index contributed by atoms with van der Waals surface area (Å²) in [6.07, 6.45) is -3.55. The third-order valence-corrected chi connectivity index (χ3v) is 6.05. The molecular weight excluding hydrogens is 496 g/mol. The Morgan fingerprint density at radius 3 is 2.57 bits per heavy atom. The highest BCUT2D eigenvalue weighted by molar-refractivity contribution is 5.97. The van der Waals surface area contributed by atoms with Gasteiger partial charge in [-0.15, -0.1) is 13.2 Å². The summed E-state index contributed by atoms with van der Waals surface area (Å²) in [5.74, 6) is -3.93. The lowest BCUT2D eigenvalue weighted by Gasteiger charge is -2.39. The topological polar surface area (TPSA) is 97.8 Å². The predicted octanol–water partition coefficient (Wildman–Crippen LogP) is 5.40. The van der Waals surface area contributed by atoms with Crippen molar-refractivity contribution in [3.63, 3.8) is 0 Å². The minimum atomic E-state index is -5.09. The standard InChI is InChI=1S/C26H22F4N2O5/c1-14(2)18-12-15(5-7-17(18)24(34)35)23(33)32-25(9-11-36-21-4-3-10-31-22(21)25)16-6-8-20(19(27)13-16)37-26(28,29)30/h3-8,10,12-14H,9,11H2,1-2H3,(H,32,33)(H,34,35)/t25-/m0/s1. The second-order valence-corrected chi connectivity index (χ2v) is 8.76. The highest BCUT2D eigenvalue weighted by atomic mass is 19.4. The lowest BCUT2D eigenvalue weighted by atomic mass is 9.81. The summed E-state index contributed by atoms with van der Waals surface area (Å²) in [7, 11) is 0. The van der Waals surface area contributed by atoms with Crippen LogP contribution in [0.4, 0.5) is 17.6 Å². The maximum absolute atomic E-state index is 14.8. The number of hydrogen-bond acceptors (Lipinski definition) is 5. The van der Waals surface area contributed by atoms with Crippen LogP contribution in [0, 0.1) is 5.82 Å². The number of ether oxygens (including phenoxy) is 2. The molecule has 194 valence electrons. The first-order valence-corrected chi connectivity index (χ1v) is 11.2. The minimum Gasteiger partial charge on any atom is -0.491 e. The fraction of sp³-hybridized carbons (Fsp3) is 0.269. The Labute approximate surface area is 209 Å². The van der Waals surface area contributed by atoms with E-state index in [0.717, 1.165) is 12.1 Å². The quantitative estimate of drug-likeness (QED) is 0.425. The molecule has 0 saturated heterocycles. The maximum Gasteiger partial charge on any atom is 0.573 e. The molecule has 0 spiro atoms. The molecule has 2 aromatic carbocycles. The molecule has 2 heterocycles. The number of carboxylic acid groups (broad SMARTS) is 1. The first-order chi connectivity index (χ1) is 17.4. The zero-order chi connectivity index (χ0) is 27.0. The van der Waals surface area contributed by atoms with Crippen LogP contribution < -0.4 is 14.8 Å². The van der Waals surface area contributed by atoms with Crippen LogP contribution in [0.15, 0.2) is 54.7 Å². The van der Waals surface area contributed by atoms with Crippen molar-refractivity contribution < 1.29 is 41.7 Å². The number of amides is 1. The molecule has 1 atom stereocenters. The number of nitrogens with one attached hydrogen (secondary N) is 1. The van der Waals surface area contributed by atoms with E-state index in [9.17, 15) is 32.3 Å². The molecule has 0 saturated carbocycles. The SMILES string of the molecule is CC(C)c1cc(C(=O)N[C@]2(c3ccc(OC(F)(F)F)c(F)c3)CCOc3cccnc32)ccc1C(=O)O. The summed E-state index contributed by atoms with van der Waals surface area (Å²) in [4.78, 5) is 29.4. The van der Waals surface area contributed by atoms with Crippen molar-refractivity contribution in [2.45, 2.75) is 38.1 Å². The van der Waals surface area contributed by atoms with Crippen molar-refractivity contribution in [3.05, 3.63) is 88.5 Å². The molecule has 3 aromatic rings. The number of carbonyl (C=O) groups is 2. The van der Waals surface area contributed by atoms with Gasteiger partial charge < -0.3 is 19.9 Å². The number of fused-ring (bicyclic) bond motifs is 1. The van der Waals surface area contributed by atoms with Crippen LogP contribution in [0.3, 0.4) is 0 Å². The van der Waals surface area contributed by atoms with Gasteiger partial charge >= 0.3 is 12.3 Å². The van der Waals surface area contributed by atoms with Gasteiger partial charge in [0.2, 0.25) is 0 Å². The highest BCUT2D eigenvalue weighted by Crippen LogP contribution is 2.42. The molecule has 7 nitrogen and oxygen atoms in total. The molecule has 0 aliphatic carbocycles. The van der Waals surface area contributed by atoms with Gasteiger partial charge in [0, 0.05) is 18.2 Å². The molecule has 1 aliphatic heterocycles. The number of hydrogen-bond donors (Lipinski definition) is 2. The summed E-state index contributed by atoms with van der Waals surface area (Å²) >= 11 is 0. The average molecular weight is 518 g/mol. The number of nitrogens with zero attached hydrogens (tertiary/aromatic N) is 1. The largest absolute Gasteiger partial charge is 0.573 e. The third kappa shape index (κ3) is 5.20. The molecule has 0 bridgehead atoms. The molecular formula is C26H22F4N2O5. The van der Waals surface area contributed by atoms with E-state index in [1.54, 1.807) is 26.0 Å². The molecule has 37 heavy (non-hydrogen) atoms. The number of carbonyl (C=O) groups excluding carboxylic acids is 1. The molecule has 2 N–H and O–H groups in total. The van der Waals surface area contributed by atoms with Crippen LogP contribution >= 0.6 is 0 Å². The lowest BCUT2D eigenvalue weighted by molar-refractivity contribution is -0.275. The first kappa shape index (κ1) is 25.9. The molecule has 0 unspecified atom stereocenters. The molecule has 1 aliphatic rings. The Hall–Kier alpha value is -4.15. The normalized spacial score (nSPS) is 17.1. The van der Waals surface area contributed by atoms with Crippen LogP contribution in [-0.2, 0) is 5.54 Å². The van der Waals surface area contributed by atoms with Gasteiger partial charge in [0.15, 0.2) is 11.6 Å². The van der Waals surface area contributed by atoms with Crippen molar-refractivity contribution in [1.82, 2.24) is 10.3 Å². The van der Waals surface area contributed by atoms with Gasteiger partial charge in [-0.2, -0.15) is 0 Å². The second-order valence-electron chi connectivity index (χ2n) is 8.76. The number of benzene rings is 2. The molecule has 0 radical (unpaired) electrons. The fourth-order valence-electron chi connectivity index (χ4n) is 4.35.